The normalized spacial score (nSPS) is 11.8. The molecule has 0 atom stereocenters. The van der Waals surface area contributed by atoms with E-state index in [1.165, 1.54) is 19.2 Å². The molecule has 11 heteroatoms. The monoisotopic (exact) mass is 537 g/mol. The van der Waals surface area contributed by atoms with Gasteiger partial charge >= 0.3 is 0 Å². The van der Waals surface area contributed by atoms with Crippen LogP contribution in [0.5, 0.6) is 0 Å². The van der Waals surface area contributed by atoms with Gasteiger partial charge in [0.05, 0.1) is 22.8 Å². The first-order valence-electron chi connectivity index (χ1n) is 7.76. The number of benzene rings is 1. The summed E-state index contributed by atoms with van der Waals surface area (Å²) in [6.45, 7) is 0. The Morgan fingerprint density at radius 2 is 2.07 bits per heavy atom. The van der Waals surface area contributed by atoms with Gasteiger partial charge in [0.15, 0.2) is 5.76 Å². The van der Waals surface area contributed by atoms with E-state index in [-0.39, 0.29) is 38.8 Å². The molecule has 0 bridgehead atoms. The van der Waals surface area contributed by atoms with E-state index in [0.717, 1.165) is 16.6 Å². The summed E-state index contributed by atoms with van der Waals surface area (Å²) >= 11 is 7.83. The summed E-state index contributed by atoms with van der Waals surface area (Å²) in [6, 6.07) is 5.48. The lowest BCUT2D eigenvalue weighted by Gasteiger charge is -2.18. The second-order valence-electron chi connectivity index (χ2n) is 5.98. The first-order valence-corrected chi connectivity index (χ1v) is 11.5. The average molecular weight is 538 g/mol. The molecule has 7 nitrogen and oxygen atoms in total. The molecule has 0 radical (unpaired) electrons. The van der Waals surface area contributed by atoms with Crippen molar-refractivity contribution in [1.82, 2.24) is 4.98 Å². The molecule has 0 aliphatic carbocycles. The van der Waals surface area contributed by atoms with Gasteiger partial charge in [-0.15, -0.1) is 0 Å². The summed E-state index contributed by atoms with van der Waals surface area (Å²) < 4.78 is 45.3. The predicted octanol–water partition coefficient (Wildman–Crippen LogP) is 3.72. The van der Waals surface area contributed by atoms with Gasteiger partial charge in [-0.2, -0.15) is 4.98 Å². The fourth-order valence-corrected chi connectivity index (χ4v) is 3.88. The van der Waals surface area contributed by atoms with E-state index in [0.29, 0.717) is 9.99 Å². The number of halogens is 3. The molecule has 1 amide bonds. The number of nitrogens with two attached hydrogens (primary N) is 1. The Hall–Kier alpha value is -1.92. The Labute approximate surface area is 178 Å². The van der Waals surface area contributed by atoms with Crippen molar-refractivity contribution in [2.24, 2.45) is 5.73 Å². The molecular weight excluding hydrogens is 524 g/mol. The summed E-state index contributed by atoms with van der Waals surface area (Å²) in [5.74, 6) is -1.47. The van der Waals surface area contributed by atoms with Crippen LogP contribution < -0.4 is 10.0 Å². The summed E-state index contributed by atoms with van der Waals surface area (Å²) in [7, 11) is -2.22. The minimum Gasteiger partial charge on any atom is -0.437 e. The van der Waals surface area contributed by atoms with Gasteiger partial charge in [0.1, 0.15) is 11.6 Å². The number of pyridine rings is 1. The van der Waals surface area contributed by atoms with Crippen molar-refractivity contribution < 1.29 is 22.0 Å². The van der Waals surface area contributed by atoms with E-state index in [2.05, 4.69) is 4.98 Å². The van der Waals surface area contributed by atoms with Crippen LogP contribution in [0.25, 0.3) is 22.4 Å². The highest BCUT2D eigenvalue weighted by molar-refractivity contribution is 14.1. The van der Waals surface area contributed by atoms with Crippen molar-refractivity contribution in [1.29, 1.82) is 0 Å². The van der Waals surface area contributed by atoms with E-state index in [1.54, 1.807) is 6.07 Å². The summed E-state index contributed by atoms with van der Waals surface area (Å²) in [5, 5.41) is 0.453. The Morgan fingerprint density at radius 1 is 1.39 bits per heavy atom. The lowest BCUT2D eigenvalue weighted by molar-refractivity contribution is 0.100. The third-order valence-corrected chi connectivity index (χ3v) is 6.33. The van der Waals surface area contributed by atoms with Gasteiger partial charge in [-0.1, -0.05) is 34.2 Å². The molecule has 0 spiro atoms. The second kappa shape index (κ2) is 7.48. The molecule has 0 aliphatic rings. The molecule has 2 heterocycles. The van der Waals surface area contributed by atoms with Gasteiger partial charge in [-0.25, -0.2) is 12.8 Å². The van der Waals surface area contributed by atoms with Crippen LogP contribution in [0.1, 0.15) is 15.9 Å². The molecule has 148 valence electrons. The lowest BCUT2D eigenvalue weighted by atomic mass is 10.0. The molecule has 0 aliphatic heterocycles. The molecule has 3 aromatic rings. The maximum atomic E-state index is 14.4. The maximum Gasteiger partial charge on any atom is 0.253 e. The van der Waals surface area contributed by atoms with Gasteiger partial charge in [-0.05, 0) is 24.3 Å². The number of sulfonamides is 1. The largest absolute Gasteiger partial charge is 0.437 e. The summed E-state index contributed by atoms with van der Waals surface area (Å²) in [4.78, 5) is 16.4. The third kappa shape index (κ3) is 3.67. The van der Waals surface area contributed by atoms with Crippen LogP contribution in [-0.2, 0) is 14.5 Å². The number of nitrogens with zero attached hydrogens (tertiary/aromatic N) is 2. The number of anilines is 1. The Morgan fingerprint density at radius 3 is 2.61 bits per heavy atom. The van der Waals surface area contributed by atoms with Gasteiger partial charge in [0.2, 0.25) is 15.7 Å². The molecule has 0 saturated heterocycles. The highest BCUT2D eigenvalue weighted by Crippen LogP contribution is 2.37. The number of rotatable bonds is 5. The molecule has 2 N–H and O–H groups in total. The minimum absolute atomic E-state index is 0.00904. The lowest BCUT2D eigenvalue weighted by Crippen LogP contribution is -2.26. The highest BCUT2D eigenvalue weighted by atomic mass is 127. The van der Waals surface area contributed by atoms with E-state index in [4.69, 9.17) is 21.8 Å². The molecule has 28 heavy (non-hydrogen) atoms. The quantitative estimate of drug-likeness (QED) is 0.394. The standard InChI is InChI=1S/C17H14ClFIN3O4S/c1-23(28(2,25)26)16-8(7-20)5-11-13(15(21)24)14(27-17(11)22-16)10-4-3-9(18)6-12(10)19/h3-6H,7H2,1-2H3,(H2,21,24). The van der Waals surface area contributed by atoms with Crippen LogP contribution in [0.4, 0.5) is 10.2 Å². The van der Waals surface area contributed by atoms with E-state index < -0.39 is 21.7 Å². The number of furan rings is 1. The number of hydrogen-bond acceptors (Lipinski definition) is 5. The van der Waals surface area contributed by atoms with Crippen molar-refractivity contribution in [2.45, 2.75) is 4.43 Å². The number of alkyl halides is 1. The maximum absolute atomic E-state index is 14.4. The second-order valence-corrected chi connectivity index (χ2v) is 9.20. The van der Waals surface area contributed by atoms with Crippen molar-refractivity contribution in [2.75, 3.05) is 17.6 Å². The zero-order valence-corrected chi connectivity index (χ0v) is 18.4. The Bertz CT molecular complexity index is 1210. The van der Waals surface area contributed by atoms with Crippen molar-refractivity contribution in [3.63, 3.8) is 0 Å². The first-order chi connectivity index (χ1) is 13.0. The van der Waals surface area contributed by atoms with Crippen LogP contribution in [0.2, 0.25) is 5.02 Å². The van der Waals surface area contributed by atoms with E-state index >= 15 is 0 Å². The number of fused-ring (bicyclic) bond motifs is 1. The molecule has 0 saturated carbocycles. The molecule has 3 rings (SSSR count). The van der Waals surface area contributed by atoms with Crippen molar-refractivity contribution in [3.8, 4) is 11.3 Å². The molecule has 2 aromatic heterocycles. The minimum atomic E-state index is -3.58. The van der Waals surface area contributed by atoms with Crippen molar-refractivity contribution in [3.05, 3.63) is 46.2 Å². The van der Waals surface area contributed by atoms with Crippen LogP contribution >= 0.6 is 34.2 Å². The first kappa shape index (κ1) is 20.8. The topological polar surface area (TPSA) is 106 Å². The average Bonchev–Trinajstić information content (AvgIpc) is 2.97. The SMILES string of the molecule is CN(c1nc2oc(-c3ccc(Cl)cc3F)c(C(N)=O)c2cc1CI)S(C)(=O)=O. The number of aromatic nitrogens is 1. The van der Waals surface area contributed by atoms with E-state index in [1.807, 2.05) is 22.6 Å². The van der Waals surface area contributed by atoms with Gasteiger partial charge < -0.3 is 10.2 Å². The fraction of sp³-hybridized carbons (Fsp3) is 0.176. The number of amides is 1. The fourth-order valence-electron chi connectivity index (χ4n) is 2.69. The zero-order chi connectivity index (χ0) is 20.8. The number of hydrogen-bond donors (Lipinski definition) is 1. The molecule has 0 fully saturated rings. The van der Waals surface area contributed by atoms with Crippen LogP contribution in [0, 0.1) is 5.82 Å². The summed E-state index contributed by atoms with van der Waals surface area (Å²) in [6.07, 6.45) is 1.04. The highest BCUT2D eigenvalue weighted by Gasteiger charge is 2.26. The van der Waals surface area contributed by atoms with Crippen LogP contribution in [0.15, 0.2) is 28.7 Å². The van der Waals surface area contributed by atoms with Gasteiger partial charge in [-0.3, -0.25) is 9.10 Å². The van der Waals surface area contributed by atoms with Crippen molar-refractivity contribution >= 4 is 67.0 Å². The van der Waals surface area contributed by atoms with Gasteiger partial charge in [0.25, 0.3) is 5.91 Å². The van der Waals surface area contributed by atoms with Crippen LogP contribution in [-0.4, -0.2) is 32.6 Å². The van der Waals surface area contributed by atoms with Gasteiger partial charge in [0, 0.05) is 22.1 Å². The zero-order valence-electron chi connectivity index (χ0n) is 14.7. The predicted molar refractivity (Wildman–Crippen MR) is 114 cm³/mol. The summed E-state index contributed by atoms with van der Waals surface area (Å²) in [5.41, 5.74) is 5.99. The molecule has 1 aromatic carbocycles. The molecule has 0 unspecified atom stereocenters. The molecular formula is C17H14ClFIN3O4S. The number of carbonyl (C=O) groups excluding carboxylic acids is 1. The Balaban J connectivity index is 2.36. The number of carbonyl (C=O) groups is 1. The number of primary amides is 1. The van der Waals surface area contributed by atoms with Crippen LogP contribution in [0.3, 0.4) is 0 Å². The smallest absolute Gasteiger partial charge is 0.253 e. The Kier molecular flexibility index (Phi) is 5.56. The van der Waals surface area contributed by atoms with E-state index in [9.17, 15) is 17.6 Å². The third-order valence-electron chi connectivity index (χ3n) is 4.10.